The summed E-state index contributed by atoms with van der Waals surface area (Å²) < 4.78 is 42.2. The number of halogens is 2. The van der Waals surface area contributed by atoms with E-state index in [0.29, 0.717) is 33.5 Å². The summed E-state index contributed by atoms with van der Waals surface area (Å²) in [5.41, 5.74) is 3.74. The molecule has 0 aromatic heterocycles. The average Bonchev–Trinajstić information content (AvgIpc) is 2.79. The third kappa shape index (κ3) is 6.13. The van der Waals surface area contributed by atoms with Gasteiger partial charge in [0.25, 0.3) is 10.0 Å². The number of aryl methyl sites for hydroxylation is 3. The predicted molar refractivity (Wildman–Crippen MR) is 149 cm³/mol. The molecule has 186 valence electrons. The highest BCUT2D eigenvalue weighted by atomic mass is 127. The summed E-state index contributed by atoms with van der Waals surface area (Å²) in [6.45, 7) is 6.43. The highest BCUT2D eigenvalue weighted by Crippen LogP contribution is 2.33. The molecule has 0 N–H and O–H groups in total. The van der Waals surface area contributed by atoms with E-state index in [0.717, 1.165) is 39.5 Å². The molecular formula is C27H29ClINO4S. The topological polar surface area (TPSA) is 55.8 Å². The Bertz CT molecular complexity index is 1280. The van der Waals surface area contributed by atoms with E-state index in [1.54, 1.807) is 6.07 Å². The van der Waals surface area contributed by atoms with Gasteiger partial charge in [-0.25, -0.2) is 8.42 Å². The first-order valence-corrected chi connectivity index (χ1v) is 14.5. The molecule has 35 heavy (non-hydrogen) atoms. The van der Waals surface area contributed by atoms with E-state index in [1.165, 1.54) is 4.31 Å². The second kappa shape index (κ2) is 11.1. The van der Waals surface area contributed by atoms with Crippen molar-refractivity contribution in [3.63, 3.8) is 0 Å². The zero-order chi connectivity index (χ0) is 25.2. The standard InChI is InChI=1S/C27H29ClINO4S/c1-18-14-19(2)27(20(3)15-18)35(31,32)30(23-10-8-22(29)9-11-23)17-21-7-12-24(16-25(21)28)34-26-6-4-5-13-33-26/h7-12,14-16,26H,4-6,13,17H2,1-3H3. The van der Waals surface area contributed by atoms with Crippen molar-refractivity contribution in [2.75, 3.05) is 10.9 Å². The van der Waals surface area contributed by atoms with Crippen LogP contribution in [0.2, 0.25) is 5.02 Å². The van der Waals surface area contributed by atoms with Gasteiger partial charge in [-0.15, -0.1) is 0 Å². The summed E-state index contributed by atoms with van der Waals surface area (Å²) in [5.74, 6) is 0.611. The van der Waals surface area contributed by atoms with E-state index in [4.69, 9.17) is 21.1 Å². The monoisotopic (exact) mass is 625 g/mol. The lowest BCUT2D eigenvalue weighted by Gasteiger charge is -2.27. The van der Waals surface area contributed by atoms with Gasteiger partial charge >= 0.3 is 0 Å². The Kier molecular flexibility index (Phi) is 8.30. The van der Waals surface area contributed by atoms with Crippen LogP contribution in [-0.4, -0.2) is 21.3 Å². The van der Waals surface area contributed by atoms with Gasteiger partial charge in [-0.2, -0.15) is 0 Å². The summed E-state index contributed by atoms with van der Waals surface area (Å²) in [4.78, 5) is 0.326. The second-order valence-corrected chi connectivity index (χ2v) is 12.3. The maximum Gasteiger partial charge on any atom is 0.265 e. The average molecular weight is 626 g/mol. The quantitative estimate of drug-likeness (QED) is 0.261. The van der Waals surface area contributed by atoms with Crippen molar-refractivity contribution in [3.05, 3.63) is 85.4 Å². The molecule has 4 rings (SSSR count). The van der Waals surface area contributed by atoms with Crippen LogP contribution < -0.4 is 9.04 Å². The van der Waals surface area contributed by atoms with Gasteiger partial charge in [0.1, 0.15) is 5.75 Å². The summed E-state index contributed by atoms with van der Waals surface area (Å²) >= 11 is 8.85. The van der Waals surface area contributed by atoms with E-state index >= 15 is 0 Å². The molecule has 0 saturated carbocycles. The molecule has 1 heterocycles. The molecule has 1 atom stereocenters. The van der Waals surface area contributed by atoms with E-state index in [2.05, 4.69) is 22.6 Å². The van der Waals surface area contributed by atoms with Crippen LogP contribution in [0.3, 0.4) is 0 Å². The van der Waals surface area contributed by atoms with E-state index in [9.17, 15) is 8.42 Å². The van der Waals surface area contributed by atoms with Crippen molar-refractivity contribution >= 4 is 49.9 Å². The Morgan fingerprint density at radius 1 is 1.03 bits per heavy atom. The zero-order valence-electron chi connectivity index (χ0n) is 20.1. The third-order valence-corrected chi connectivity index (χ3v) is 9.16. The number of benzene rings is 3. The smallest absolute Gasteiger partial charge is 0.265 e. The Balaban J connectivity index is 1.70. The van der Waals surface area contributed by atoms with Crippen molar-refractivity contribution < 1.29 is 17.9 Å². The largest absolute Gasteiger partial charge is 0.465 e. The van der Waals surface area contributed by atoms with E-state index < -0.39 is 10.0 Å². The first kappa shape index (κ1) is 26.3. The molecule has 1 saturated heterocycles. The molecule has 1 aliphatic heterocycles. The molecule has 3 aromatic carbocycles. The number of sulfonamides is 1. The fraction of sp³-hybridized carbons (Fsp3) is 0.333. The van der Waals surface area contributed by atoms with Crippen LogP contribution in [0.15, 0.2) is 59.5 Å². The maximum atomic E-state index is 14.1. The summed E-state index contributed by atoms with van der Waals surface area (Å²) in [5, 5.41) is 0.446. The van der Waals surface area contributed by atoms with E-state index in [-0.39, 0.29) is 12.8 Å². The van der Waals surface area contributed by atoms with Gasteiger partial charge in [0.05, 0.1) is 23.7 Å². The molecule has 1 unspecified atom stereocenters. The molecule has 0 spiro atoms. The van der Waals surface area contributed by atoms with Gasteiger partial charge < -0.3 is 9.47 Å². The molecule has 8 heteroatoms. The van der Waals surface area contributed by atoms with E-state index in [1.807, 2.05) is 69.3 Å². The van der Waals surface area contributed by atoms with Gasteiger partial charge in [-0.05, 0) is 109 Å². The van der Waals surface area contributed by atoms with Crippen LogP contribution in [0.25, 0.3) is 0 Å². The van der Waals surface area contributed by atoms with Gasteiger partial charge in [-0.1, -0.05) is 35.4 Å². The number of rotatable bonds is 7. The minimum absolute atomic E-state index is 0.0920. The van der Waals surface area contributed by atoms with Crippen LogP contribution in [-0.2, 0) is 21.3 Å². The second-order valence-electron chi connectivity index (χ2n) is 8.88. The van der Waals surface area contributed by atoms with Crippen LogP contribution in [0.4, 0.5) is 5.69 Å². The minimum atomic E-state index is -3.87. The summed E-state index contributed by atoms with van der Waals surface area (Å²) in [6.07, 6.45) is 2.68. The first-order chi connectivity index (χ1) is 16.6. The van der Waals surface area contributed by atoms with Crippen molar-refractivity contribution in [2.45, 2.75) is 57.8 Å². The fourth-order valence-corrected chi connectivity index (χ4v) is 6.90. The highest BCUT2D eigenvalue weighted by molar-refractivity contribution is 14.1. The van der Waals surface area contributed by atoms with Crippen LogP contribution in [0.5, 0.6) is 5.75 Å². The van der Waals surface area contributed by atoms with Crippen molar-refractivity contribution in [1.82, 2.24) is 0 Å². The minimum Gasteiger partial charge on any atom is -0.465 e. The van der Waals surface area contributed by atoms with Gasteiger partial charge in [-0.3, -0.25) is 4.31 Å². The lowest BCUT2D eigenvalue weighted by atomic mass is 10.1. The Hall–Kier alpha value is -1.81. The number of nitrogens with zero attached hydrogens (tertiary/aromatic N) is 1. The third-order valence-electron chi connectivity index (χ3n) is 6.01. The number of hydrogen-bond acceptors (Lipinski definition) is 4. The summed E-state index contributed by atoms with van der Waals surface area (Å²) in [7, 11) is -3.87. The lowest BCUT2D eigenvalue weighted by molar-refractivity contribution is -0.105. The SMILES string of the molecule is Cc1cc(C)c(S(=O)(=O)N(Cc2ccc(OC3CCCCO3)cc2Cl)c2ccc(I)cc2)c(C)c1. The Labute approximate surface area is 226 Å². The predicted octanol–water partition coefficient (Wildman–Crippen LogP) is 7.17. The normalized spacial score (nSPS) is 16.2. The lowest BCUT2D eigenvalue weighted by Crippen LogP contribution is -2.32. The molecule has 0 amide bonds. The molecule has 0 radical (unpaired) electrons. The Morgan fingerprint density at radius 2 is 1.71 bits per heavy atom. The number of hydrogen-bond donors (Lipinski definition) is 0. The van der Waals surface area contributed by atoms with Gasteiger partial charge in [0.15, 0.2) is 6.29 Å². The molecule has 5 nitrogen and oxygen atoms in total. The number of anilines is 1. The fourth-order valence-electron chi connectivity index (χ4n) is 4.45. The highest BCUT2D eigenvalue weighted by Gasteiger charge is 2.29. The van der Waals surface area contributed by atoms with Gasteiger partial charge in [0, 0.05) is 15.0 Å². The first-order valence-electron chi connectivity index (χ1n) is 11.6. The van der Waals surface area contributed by atoms with Crippen molar-refractivity contribution in [2.24, 2.45) is 0 Å². The molecule has 0 aliphatic carbocycles. The molecule has 1 aliphatic rings. The van der Waals surface area contributed by atoms with Crippen LogP contribution in [0, 0.1) is 24.3 Å². The number of ether oxygens (including phenoxy) is 2. The zero-order valence-corrected chi connectivity index (χ0v) is 23.8. The molecule has 1 fully saturated rings. The molecule has 0 bridgehead atoms. The van der Waals surface area contributed by atoms with Crippen molar-refractivity contribution in [3.8, 4) is 5.75 Å². The van der Waals surface area contributed by atoms with Crippen molar-refractivity contribution in [1.29, 1.82) is 0 Å². The van der Waals surface area contributed by atoms with Crippen LogP contribution in [0.1, 0.15) is 41.5 Å². The Morgan fingerprint density at radius 3 is 2.31 bits per heavy atom. The molecular weight excluding hydrogens is 597 g/mol. The van der Waals surface area contributed by atoms with Crippen LogP contribution >= 0.6 is 34.2 Å². The van der Waals surface area contributed by atoms with Gasteiger partial charge in [0.2, 0.25) is 0 Å². The summed E-state index contributed by atoms with van der Waals surface area (Å²) in [6, 6.07) is 16.6. The maximum absolute atomic E-state index is 14.1. The molecule has 3 aromatic rings.